The topological polar surface area (TPSA) is 41.1 Å². The molecule has 2 aromatic rings. The molecule has 0 aromatic heterocycles. The van der Waals surface area contributed by atoms with Crippen molar-refractivity contribution < 1.29 is 4.79 Å². The van der Waals surface area contributed by atoms with Gasteiger partial charge in [0.2, 0.25) is 0 Å². The van der Waals surface area contributed by atoms with Crippen LogP contribution >= 0.6 is 11.8 Å². The van der Waals surface area contributed by atoms with Crippen molar-refractivity contribution in [2.24, 2.45) is 0 Å². The van der Waals surface area contributed by atoms with E-state index < -0.39 is 0 Å². The lowest BCUT2D eigenvalue weighted by atomic mass is 9.95. The summed E-state index contributed by atoms with van der Waals surface area (Å²) in [6.07, 6.45) is 4.00. The van der Waals surface area contributed by atoms with Crippen LogP contribution in [-0.4, -0.2) is 12.3 Å². The SMILES string of the molecule is CC[C@@H](C)c1ccc([C@H](CC)NC(=O)Nc2cccc(SC)c2)cc1. The number of carbonyl (C=O) groups excluding carboxylic acids is 1. The number of benzene rings is 2. The van der Waals surface area contributed by atoms with Crippen molar-refractivity contribution in [1.29, 1.82) is 0 Å². The Balaban J connectivity index is 2.01. The van der Waals surface area contributed by atoms with E-state index in [-0.39, 0.29) is 12.1 Å². The zero-order valence-corrected chi connectivity index (χ0v) is 16.3. The predicted molar refractivity (Wildman–Crippen MR) is 109 cm³/mol. The third kappa shape index (κ3) is 5.53. The first-order chi connectivity index (χ1) is 12.1. The molecule has 3 nitrogen and oxygen atoms in total. The lowest BCUT2D eigenvalue weighted by molar-refractivity contribution is 0.248. The summed E-state index contributed by atoms with van der Waals surface area (Å²) in [6, 6.07) is 16.3. The van der Waals surface area contributed by atoms with E-state index in [9.17, 15) is 4.79 Å². The van der Waals surface area contributed by atoms with Crippen molar-refractivity contribution in [3.63, 3.8) is 0 Å². The van der Waals surface area contributed by atoms with Gasteiger partial charge >= 0.3 is 6.03 Å². The first-order valence-electron chi connectivity index (χ1n) is 8.88. The number of amides is 2. The van der Waals surface area contributed by atoms with Crippen LogP contribution in [0.3, 0.4) is 0 Å². The summed E-state index contributed by atoms with van der Waals surface area (Å²) < 4.78 is 0. The average Bonchev–Trinajstić information content (AvgIpc) is 2.65. The second-order valence-electron chi connectivity index (χ2n) is 6.27. The van der Waals surface area contributed by atoms with Crippen LogP contribution in [0.15, 0.2) is 53.4 Å². The van der Waals surface area contributed by atoms with Gasteiger partial charge < -0.3 is 10.6 Å². The third-order valence-corrected chi connectivity index (χ3v) is 5.29. The molecule has 2 aromatic carbocycles. The van der Waals surface area contributed by atoms with Crippen LogP contribution in [0.5, 0.6) is 0 Å². The molecule has 2 atom stereocenters. The van der Waals surface area contributed by atoms with E-state index >= 15 is 0 Å². The molecule has 0 bridgehead atoms. The fourth-order valence-corrected chi connectivity index (χ4v) is 3.20. The van der Waals surface area contributed by atoms with Gasteiger partial charge in [0.05, 0.1) is 6.04 Å². The van der Waals surface area contributed by atoms with Crippen LogP contribution in [0, 0.1) is 0 Å². The molecule has 25 heavy (non-hydrogen) atoms. The number of hydrogen-bond donors (Lipinski definition) is 2. The number of hydrogen-bond acceptors (Lipinski definition) is 2. The van der Waals surface area contributed by atoms with Gasteiger partial charge in [0.1, 0.15) is 0 Å². The van der Waals surface area contributed by atoms with E-state index in [1.807, 2.05) is 30.5 Å². The van der Waals surface area contributed by atoms with E-state index in [4.69, 9.17) is 0 Å². The number of urea groups is 1. The van der Waals surface area contributed by atoms with Crippen molar-refractivity contribution >= 4 is 23.5 Å². The summed E-state index contributed by atoms with van der Waals surface area (Å²) in [5.41, 5.74) is 3.30. The fraction of sp³-hybridized carbons (Fsp3) is 0.381. The zero-order chi connectivity index (χ0) is 18.2. The molecule has 0 spiro atoms. The van der Waals surface area contributed by atoms with Crippen molar-refractivity contribution in [1.82, 2.24) is 5.32 Å². The van der Waals surface area contributed by atoms with Gasteiger partial charge in [-0.1, -0.05) is 51.1 Å². The Labute approximate surface area is 155 Å². The smallest absolute Gasteiger partial charge is 0.319 e. The molecule has 0 aliphatic rings. The largest absolute Gasteiger partial charge is 0.331 e. The molecule has 0 saturated carbocycles. The highest BCUT2D eigenvalue weighted by molar-refractivity contribution is 7.98. The monoisotopic (exact) mass is 356 g/mol. The van der Waals surface area contributed by atoms with Crippen molar-refractivity contribution in [2.75, 3.05) is 11.6 Å². The minimum Gasteiger partial charge on any atom is -0.331 e. The maximum Gasteiger partial charge on any atom is 0.319 e. The highest BCUT2D eigenvalue weighted by Crippen LogP contribution is 2.23. The highest BCUT2D eigenvalue weighted by Gasteiger charge is 2.13. The fourth-order valence-electron chi connectivity index (χ4n) is 2.74. The van der Waals surface area contributed by atoms with E-state index in [0.29, 0.717) is 5.92 Å². The molecule has 0 aliphatic heterocycles. The van der Waals surface area contributed by atoms with Crippen LogP contribution in [-0.2, 0) is 0 Å². The summed E-state index contributed by atoms with van der Waals surface area (Å²) in [5.74, 6) is 0.564. The van der Waals surface area contributed by atoms with Crippen LogP contribution in [0.2, 0.25) is 0 Å². The number of nitrogens with one attached hydrogen (secondary N) is 2. The molecule has 2 rings (SSSR count). The van der Waals surface area contributed by atoms with Crippen LogP contribution in [0.1, 0.15) is 56.7 Å². The van der Waals surface area contributed by atoms with E-state index in [1.54, 1.807) is 11.8 Å². The summed E-state index contributed by atoms with van der Waals surface area (Å²) in [5, 5.41) is 6.00. The van der Waals surface area contributed by atoms with Gasteiger partial charge in [-0.3, -0.25) is 0 Å². The Hall–Kier alpha value is -1.94. The van der Waals surface area contributed by atoms with Gasteiger partial charge in [-0.15, -0.1) is 11.8 Å². The summed E-state index contributed by atoms with van der Waals surface area (Å²) >= 11 is 1.66. The number of thioether (sulfide) groups is 1. The maximum absolute atomic E-state index is 12.3. The third-order valence-electron chi connectivity index (χ3n) is 4.56. The van der Waals surface area contributed by atoms with Gasteiger partial charge in [-0.25, -0.2) is 4.79 Å². The Morgan fingerprint density at radius 2 is 1.72 bits per heavy atom. The Kier molecular flexibility index (Phi) is 7.38. The number of anilines is 1. The molecule has 4 heteroatoms. The Morgan fingerprint density at radius 3 is 2.32 bits per heavy atom. The van der Waals surface area contributed by atoms with Crippen molar-refractivity contribution in [3.8, 4) is 0 Å². The maximum atomic E-state index is 12.3. The lowest BCUT2D eigenvalue weighted by Crippen LogP contribution is -2.32. The van der Waals surface area contributed by atoms with Crippen molar-refractivity contribution in [2.45, 2.75) is 50.5 Å². The quantitative estimate of drug-likeness (QED) is 0.580. The molecule has 2 amide bonds. The summed E-state index contributed by atoms with van der Waals surface area (Å²) in [6.45, 7) is 6.52. The minimum absolute atomic E-state index is 0.00900. The Morgan fingerprint density at radius 1 is 1.04 bits per heavy atom. The molecular weight excluding hydrogens is 328 g/mol. The molecule has 0 unspecified atom stereocenters. The second kappa shape index (κ2) is 9.52. The van der Waals surface area contributed by atoms with Crippen molar-refractivity contribution in [3.05, 3.63) is 59.7 Å². The standard InChI is InChI=1S/C21H28N2OS/c1-5-15(3)16-10-12-17(13-11-16)20(6-2)23-21(24)22-18-8-7-9-19(14-18)25-4/h7-15,20H,5-6H2,1-4H3,(H2,22,23,24)/t15-,20+/m1/s1. The van der Waals surface area contributed by atoms with E-state index in [0.717, 1.165) is 29.0 Å². The van der Waals surface area contributed by atoms with Gasteiger partial charge in [0.15, 0.2) is 0 Å². The number of carbonyl (C=O) groups is 1. The molecular formula is C21H28N2OS. The van der Waals surface area contributed by atoms with Crippen LogP contribution in [0.4, 0.5) is 10.5 Å². The zero-order valence-electron chi connectivity index (χ0n) is 15.5. The first kappa shape index (κ1) is 19.4. The predicted octanol–water partition coefficient (Wildman–Crippen LogP) is 6.19. The van der Waals surface area contributed by atoms with Crippen LogP contribution < -0.4 is 10.6 Å². The van der Waals surface area contributed by atoms with Gasteiger partial charge in [-0.05, 0) is 54.3 Å². The van der Waals surface area contributed by atoms with Gasteiger partial charge in [0, 0.05) is 10.6 Å². The minimum atomic E-state index is -0.170. The number of rotatable bonds is 7. The summed E-state index contributed by atoms with van der Waals surface area (Å²) in [4.78, 5) is 13.5. The Bertz CT molecular complexity index is 685. The lowest BCUT2D eigenvalue weighted by Gasteiger charge is -2.19. The summed E-state index contributed by atoms with van der Waals surface area (Å²) in [7, 11) is 0. The normalized spacial score (nSPS) is 13.1. The van der Waals surface area contributed by atoms with E-state index in [2.05, 4.69) is 55.7 Å². The van der Waals surface area contributed by atoms with Crippen LogP contribution in [0.25, 0.3) is 0 Å². The average molecular weight is 357 g/mol. The van der Waals surface area contributed by atoms with Gasteiger partial charge in [0.25, 0.3) is 0 Å². The van der Waals surface area contributed by atoms with Gasteiger partial charge in [-0.2, -0.15) is 0 Å². The first-order valence-corrected chi connectivity index (χ1v) is 10.1. The van der Waals surface area contributed by atoms with E-state index in [1.165, 1.54) is 5.56 Å². The molecule has 0 heterocycles. The highest BCUT2D eigenvalue weighted by atomic mass is 32.2. The molecule has 0 fully saturated rings. The molecule has 2 N–H and O–H groups in total. The molecule has 0 saturated heterocycles. The molecule has 0 aliphatic carbocycles. The molecule has 0 radical (unpaired) electrons. The second-order valence-corrected chi connectivity index (χ2v) is 7.15. The molecule has 134 valence electrons.